The molecular formula is C9H17N2O4+. The average molecular weight is 217 g/mol. The maximum atomic E-state index is 11.9. The molecule has 0 atom stereocenters. The lowest BCUT2D eigenvalue weighted by molar-refractivity contribution is -0.789. The normalized spacial score (nSPS) is 19.6. The molecule has 1 fully saturated rings. The van der Waals surface area contributed by atoms with Gasteiger partial charge in [-0.3, -0.25) is 4.84 Å². The Morgan fingerprint density at radius 3 is 2.20 bits per heavy atom. The van der Waals surface area contributed by atoms with Gasteiger partial charge >= 0.3 is 12.1 Å². The molecule has 0 spiro atoms. The SMILES string of the molecule is CON(C)C(=O)[N+]1(C(=O)O)CCCCC1. The smallest absolute Gasteiger partial charge is 0.435 e. The number of carbonyl (C=O) groups is 2. The van der Waals surface area contributed by atoms with Crippen molar-refractivity contribution in [2.75, 3.05) is 27.2 Å². The first kappa shape index (κ1) is 11.9. The predicted molar refractivity (Wildman–Crippen MR) is 52.0 cm³/mol. The van der Waals surface area contributed by atoms with E-state index in [-0.39, 0.29) is 0 Å². The summed E-state index contributed by atoms with van der Waals surface area (Å²) < 4.78 is -0.537. The van der Waals surface area contributed by atoms with Gasteiger partial charge in [0.1, 0.15) is 0 Å². The fourth-order valence-electron chi connectivity index (χ4n) is 1.86. The largest absolute Gasteiger partial charge is 0.522 e. The van der Waals surface area contributed by atoms with Crippen LogP contribution in [0.3, 0.4) is 0 Å². The topological polar surface area (TPSA) is 66.8 Å². The van der Waals surface area contributed by atoms with Crippen LogP contribution in [-0.4, -0.2) is 54.0 Å². The number of rotatable bonds is 1. The Kier molecular flexibility index (Phi) is 3.65. The number of piperidine rings is 1. The van der Waals surface area contributed by atoms with E-state index < -0.39 is 16.6 Å². The third-order valence-corrected chi connectivity index (χ3v) is 2.86. The fraction of sp³-hybridized carbons (Fsp3) is 0.778. The van der Waals surface area contributed by atoms with Crippen LogP contribution in [0.15, 0.2) is 0 Å². The van der Waals surface area contributed by atoms with Crippen molar-refractivity contribution in [3.8, 4) is 0 Å². The number of amides is 3. The highest BCUT2D eigenvalue weighted by Gasteiger charge is 2.48. The molecule has 1 N–H and O–H groups in total. The molecule has 3 amide bonds. The molecule has 1 heterocycles. The number of imide groups is 1. The zero-order valence-corrected chi connectivity index (χ0v) is 9.10. The number of carboxylic acid groups (broad SMARTS) is 1. The van der Waals surface area contributed by atoms with Crippen molar-refractivity contribution in [1.82, 2.24) is 5.06 Å². The summed E-state index contributed by atoms with van der Waals surface area (Å²) in [5.74, 6) is 0. The van der Waals surface area contributed by atoms with Gasteiger partial charge in [0.05, 0.1) is 20.2 Å². The molecule has 0 unspecified atom stereocenters. The standard InChI is InChI=1S/C9H16N2O4/c1-10(15-2)8(12)11(9(13)14)6-4-3-5-7-11/h3-7H2,1-2H3/p+1. The number of hydroxylamine groups is 2. The second-order valence-electron chi connectivity index (χ2n) is 3.72. The van der Waals surface area contributed by atoms with Crippen LogP contribution in [-0.2, 0) is 4.84 Å². The zero-order valence-electron chi connectivity index (χ0n) is 9.10. The van der Waals surface area contributed by atoms with Crippen molar-refractivity contribution in [3.63, 3.8) is 0 Å². The van der Waals surface area contributed by atoms with Crippen LogP contribution in [0.2, 0.25) is 0 Å². The molecule has 1 saturated heterocycles. The lowest BCUT2D eigenvalue weighted by Gasteiger charge is -2.34. The quantitative estimate of drug-likeness (QED) is 0.530. The lowest BCUT2D eigenvalue weighted by Crippen LogP contribution is -2.62. The number of likely N-dealkylation sites (tertiary alicyclic amines) is 1. The molecule has 6 nitrogen and oxygen atoms in total. The van der Waals surface area contributed by atoms with Gasteiger partial charge in [-0.1, -0.05) is 0 Å². The van der Waals surface area contributed by atoms with Crippen LogP contribution in [0.1, 0.15) is 19.3 Å². The van der Waals surface area contributed by atoms with E-state index in [0.29, 0.717) is 13.1 Å². The Labute approximate surface area is 88.6 Å². The molecule has 0 saturated carbocycles. The highest BCUT2D eigenvalue weighted by molar-refractivity contribution is 5.78. The molecule has 0 aromatic carbocycles. The zero-order chi connectivity index (χ0) is 11.5. The van der Waals surface area contributed by atoms with E-state index in [1.54, 1.807) is 0 Å². The molecular weight excluding hydrogens is 200 g/mol. The highest BCUT2D eigenvalue weighted by Crippen LogP contribution is 2.21. The summed E-state index contributed by atoms with van der Waals surface area (Å²) >= 11 is 0. The number of nitrogens with zero attached hydrogens (tertiary/aromatic N) is 2. The van der Waals surface area contributed by atoms with Gasteiger partial charge in [0, 0.05) is 7.05 Å². The van der Waals surface area contributed by atoms with Crippen molar-refractivity contribution in [1.29, 1.82) is 0 Å². The molecule has 0 radical (unpaired) electrons. The van der Waals surface area contributed by atoms with E-state index >= 15 is 0 Å². The first-order chi connectivity index (χ1) is 7.04. The molecule has 0 aliphatic carbocycles. The summed E-state index contributed by atoms with van der Waals surface area (Å²) in [6.45, 7) is 0.698. The van der Waals surface area contributed by atoms with Crippen molar-refractivity contribution in [3.05, 3.63) is 0 Å². The van der Waals surface area contributed by atoms with Gasteiger partial charge in [0.15, 0.2) is 0 Å². The van der Waals surface area contributed by atoms with Gasteiger partial charge < -0.3 is 5.11 Å². The van der Waals surface area contributed by atoms with Crippen LogP contribution >= 0.6 is 0 Å². The lowest BCUT2D eigenvalue weighted by atomic mass is 10.1. The molecule has 15 heavy (non-hydrogen) atoms. The van der Waals surface area contributed by atoms with E-state index in [4.69, 9.17) is 4.84 Å². The van der Waals surface area contributed by atoms with Crippen molar-refractivity contribution >= 4 is 12.1 Å². The maximum absolute atomic E-state index is 11.9. The summed E-state index contributed by atoms with van der Waals surface area (Å²) in [6, 6.07) is -0.510. The van der Waals surface area contributed by atoms with Gasteiger partial charge in [-0.05, 0) is 19.3 Å². The molecule has 6 heteroatoms. The molecule has 1 aliphatic heterocycles. The minimum atomic E-state index is -1.09. The van der Waals surface area contributed by atoms with E-state index in [1.807, 2.05) is 0 Å². The Bertz CT molecular complexity index is 261. The Morgan fingerprint density at radius 1 is 1.27 bits per heavy atom. The third kappa shape index (κ3) is 2.10. The number of carbonyl (C=O) groups excluding carboxylic acids is 1. The molecule has 1 rings (SSSR count). The Morgan fingerprint density at radius 2 is 1.80 bits per heavy atom. The van der Waals surface area contributed by atoms with Gasteiger partial charge in [0.2, 0.25) is 0 Å². The summed E-state index contributed by atoms with van der Waals surface area (Å²) in [6.07, 6.45) is 1.41. The van der Waals surface area contributed by atoms with Gasteiger partial charge in [0.25, 0.3) is 0 Å². The summed E-state index contributed by atoms with van der Waals surface area (Å²) in [7, 11) is 2.78. The van der Waals surface area contributed by atoms with Crippen molar-refractivity contribution in [2.45, 2.75) is 19.3 Å². The first-order valence-corrected chi connectivity index (χ1v) is 4.97. The molecule has 0 bridgehead atoms. The number of urea groups is 1. The average Bonchev–Trinajstić information content (AvgIpc) is 2.27. The fourth-order valence-corrected chi connectivity index (χ4v) is 1.86. The van der Waals surface area contributed by atoms with Crippen molar-refractivity contribution < 1.29 is 24.0 Å². The van der Waals surface area contributed by atoms with E-state index in [0.717, 1.165) is 24.3 Å². The Hall–Kier alpha value is -1.14. The Balaban J connectivity index is 2.90. The second kappa shape index (κ2) is 4.59. The highest BCUT2D eigenvalue weighted by atomic mass is 16.7. The van der Waals surface area contributed by atoms with Crippen LogP contribution < -0.4 is 0 Å². The predicted octanol–water partition coefficient (Wildman–Crippen LogP) is 1.28. The van der Waals surface area contributed by atoms with E-state index in [2.05, 4.69) is 0 Å². The van der Waals surface area contributed by atoms with Gasteiger partial charge in [-0.25, -0.2) is 4.79 Å². The van der Waals surface area contributed by atoms with Crippen LogP contribution in [0.5, 0.6) is 0 Å². The van der Waals surface area contributed by atoms with E-state index in [9.17, 15) is 14.7 Å². The number of hydrogen-bond acceptors (Lipinski definition) is 3. The third-order valence-electron chi connectivity index (χ3n) is 2.86. The monoisotopic (exact) mass is 217 g/mol. The molecule has 0 aromatic heterocycles. The summed E-state index contributed by atoms with van der Waals surface area (Å²) in [4.78, 5) is 27.8. The van der Waals surface area contributed by atoms with Crippen molar-refractivity contribution in [2.24, 2.45) is 0 Å². The summed E-state index contributed by atoms with van der Waals surface area (Å²) in [5, 5.41) is 10.2. The number of hydrogen-bond donors (Lipinski definition) is 1. The first-order valence-electron chi connectivity index (χ1n) is 4.97. The molecule has 1 aliphatic rings. The number of quaternary nitrogens is 1. The van der Waals surface area contributed by atoms with Crippen LogP contribution in [0.25, 0.3) is 0 Å². The van der Waals surface area contributed by atoms with E-state index in [1.165, 1.54) is 14.2 Å². The van der Waals surface area contributed by atoms with Gasteiger partial charge in [-0.2, -0.15) is 9.86 Å². The maximum Gasteiger partial charge on any atom is 0.522 e. The minimum Gasteiger partial charge on any atom is -0.435 e. The molecule has 86 valence electrons. The minimum absolute atomic E-state index is 0.349. The molecule has 0 aromatic rings. The summed E-state index contributed by atoms with van der Waals surface area (Å²) in [5.41, 5.74) is 0. The van der Waals surface area contributed by atoms with Gasteiger partial charge in [-0.15, -0.1) is 4.48 Å². The second-order valence-corrected chi connectivity index (χ2v) is 3.72. The van der Waals surface area contributed by atoms with Crippen LogP contribution in [0, 0.1) is 0 Å². The van der Waals surface area contributed by atoms with Crippen LogP contribution in [0.4, 0.5) is 9.59 Å².